The Morgan fingerprint density at radius 3 is 2.81 bits per heavy atom. The van der Waals surface area contributed by atoms with E-state index < -0.39 is 0 Å². The van der Waals surface area contributed by atoms with Gasteiger partial charge in [-0.2, -0.15) is 0 Å². The highest BCUT2D eigenvalue weighted by Crippen LogP contribution is 2.35. The van der Waals surface area contributed by atoms with Gasteiger partial charge in [0, 0.05) is 6.54 Å². The van der Waals surface area contributed by atoms with Gasteiger partial charge in [-0.1, -0.05) is 12.1 Å². The second kappa shape index (κ2) is 6.05. The van der Waals surface area contributed by atoms with Gasteiger partial charge in [-0.25, -0.2) is 9.97 Å². The number of para-hydroxylation sites is 2. The SMILES string of the molecule is CCNc1nc(C2COc3ccccc3O2)nc(C)c1I. The normalized spacial score (nSPS) is 16.6. The molecule has 0 aliphatic carbocycles. The molecule has 21 heavy (non-hydrogen) atoms. The zero-order valence-electron chi connectivity index (χ0n) is 11.9. The number of anilines is 1. The van der Waals surface area contributed by atoms with Crippen molar-refractivity contribution in [3.05, 3.63) is 39.4 Å². The van der Waals surface area contributed by atoms with Crippen molar-refractivity contribution in [2.24, 2.45) is 0 Å². The highest BCUT2D eigenvalue weighted by molar-refractivity contribution is 14.1. The average Bonchev–Trinajstić information content (AvgIpc) is 2.51. The van der Waals surface area contributed by atoms with Gasteiger partial charge in [0.2, 0.25) is 0 Å². The van der Waals surface area contributed by atoms with Crippen molar-refractivity contribution in [3.63, 3.8) is 0 Å². The summed E-state index contributed by atoms with van der Waals surface area (Å²) in [6, 6.07) is 7.65. The van der Waals surface area contributed by atoms with E-state index in [0.29, 0.717) is 12.4 Å². The molecule has 0 fully saturated rings. The van der Waals surface area contributed by atoms with Crippen LogP contribution in [0.2, 0.25) is 0 Å². The Morgan fingerprint density at radius 1 is 1.29 bits per heavy atom. The lowest BCUT2D eigenvalue weighted by atomic mass is 10.2. The number of aryl methyl sites for hydroxylation is 1. The van der Waals surface area contributed by atoms with E-state index in [1.165, 1.54) is 0 Å². The fourth-order valence-corrected chi connectivity index (χ4v) is 2.59. The Bertz CT molecular complexity index is 663. The number of rotatable bonds is 3. The maximum atomic E-state index is 5.97. The second-order valence-electron chi connectivity index (χ2n) is 4.72. The smallest absolute Gasteiger partial charge is 0.192 e. The van der Waals surface area contributed by atoms with Crippen molar-refractivity contribution >= 4 is 28.4 Å². The summed E-state index contributed by atoms with van der Waals surface area (Å²) < 4.78 is 12.7. The molecule has 2 aromatic rings. The van der Waals surface area contributed by atoms with Gasteiger partial charge in [-0.3, -0.25) is 0 Å². The summed E-state index contributed by atoms with van der Waals surface area (Å²) in [6.45, 7) is 5.26. The second-order valence-corrected chi connectivity index (χ2v) is 5.80. The number of aromatic nitrogens is 2. The van der Waals surface area contributed by atoms with E-state index in [1.807, 2.05) is 38.1 Å². The van der Waals surface area contributed by atoms with E-state index in [0.717, 1.165) is 33.1 Å². The molecule has 5 nitrogen and oxygen atoms in total. The lowest BCUT2D eigenvalue weighted by Crippen LogP contribution is -2.24. The van der Waals surface area contributed by atoms with Crippen molar-refractivity contribution in [2.75, 3.05) is 18.5 Å². The zero-order chi connectivity index (χ0) is 14.8. The molecular weight excluding hydrogens is 381 g/mol. The quantitative estimate of drug-likeness (QED) is 0.806. The molecule has 0 saturated carbocycles. The summed E-state index contributed by atoms with van der Waals surface area (Å²) in [5.41, 5.74) is 0.944. The molecule has 1 aromatic heterocycles. The number of halogens is 1. The summed E-state index contributed by atoms with van der Waals surface area (Å²) >= 11 is 2.26. The molecule has 0 bridgehead atoms. The summed E-state index contributed by atoms with van der Waals surface area (Å²) in [5, 5.41) is 3.26. The van der Waals surface area contributed by atoms with Crippen LogP contribution < -0.4 is 14.8 Å². The molecule has 1 unspecified atom stereocenters. The number of hydrogen-bond acceptors (Lipinski definition) is 5. The first-order valence-corrected chi connectivity index (χ1v) is 7.93. The molecule has 2 heterocycles. The Kier molecular flexibility index (Phi) is 4.14. The van der Waals surface area contributed by atoms with Gasteiger partial charge < -0.3 is 14.8 Å². The lowest BCUT2D eigenvalue weighted by molar-refractivity contribution is 0.0850. The number of ether oxygens (including phenoxy) is 2. The van der Waals surface area contributed by atoms with Gasteiger partial charge in [0.15, 0.2) is 23.4 Å². The average molecular weight is 397 g/mol. The first kappa shape index (κ1) is 14.4. The van der Waals surface area contributed by atoms with E-state index in [1.54, 1.807) is 0 Å². The molecule has 110 valence electrons. The lowest BCUT2D eigenvalue weighted by Gasteiger charge is -2.26. The summed E-state index contributed by atoms with van der Waals surface area (Å²) in [4.78, 5) is 9.13. The molecular formula is C15H16IN3O2. The highest BCUT2D eigenvalue weighted by atomic mass is 127. The summed E-state index contributed by atoms with van der Waals surface area (Å²) in [7, 11) is 0. The van der Waals surface area contributed by atoms with Crippen LogP contribution >= 0.6 is 22.6 Å². The van der Waals surface area contributed by atoms with Gasteiger partial charge in [0.25, 0.3) is 0 Å². The first-order chi connectivity index (χ1) is 10.2. The van der Waals surface area contributed by atoms with Gasteiger partial charge in [0.1, 0.15) is 12.4 Å². The van der Waals surface area contributed by atoms with E-state index in [4.69, 9.17) is 9.47 Å². The van der Waals surface area contributed by atoms with E-state index in [2.05, 4.69) is 37.9 Å². The van der Waals surface area contributed by atoms with Crippen LogP contribution in [0.15, 0.2) is 24.3 Å². The minimum atomic E-state index is -0.284. The minimum absolute atomic E-state index is 0.284. The van der Waals surface area contributed by atoms with Crippen molar-refractivity contribution < 1.29 is 9.47 Å². The summed E-state index contributed by atoms with van der Waals surface area (Å²) in [5.74, 6) is 3.00. The van der Waals surface area contributed by atoms with Crippen molar-refractivity contribution in [3.8, 4) is 11.5 Å². The monoisotopic (exact) mass is 397 g/mol. The van der Waals surface area contributed by atoms with Crippen molar-refractivity contribution in [2.45, 2.75) is 20.0 Å². The predicted octanol–water partition coefficient (Wildman–Crippen LogP) is 3.33. The maximum absolute atomic E-state index is 5.97. The third-order valence-electron chi connectivity index (χ3n) is 3.17. The third kappa shape index (κ3) is 2.90. The molecule has 1 N–H and O–H groups in total. The van der Waals surface area contributed by atoms with Gasteiger partial charge >= 0.3 is 0 Å². The van der Waals surface area contributed by atoms with E-state index in [9.17, 15) is 0 Å². The summed E-state index contributed by atoms with van der Waals surface area (Å²) in [6.07, 6.45) is -0.284. The first-order valence-electron chi connectivity index (χ1n) is 6.85. The number of benzene rings is 1. The molecule has 1 aromatic carbocycles. The Morgan fingerprint density at radius 2 is 2.05 bits per heavy atom. The topological polar surface area (TPSA) is 56.3 Å². The number of nitrogens with zero attached hydrogens (tertiary/aromatic N) is 2. The van der Waals surface area contributed by atoms with E-state index >= 15 is 0 Å². The molecule has 0 saturated heterocycles. The molecule has 0 amide bonds. The Hall–Kier alpha value is -1.57. The number of fused-ring (bicyclic) bond motifs is 1. The van der Waals surface area contributed by atoms with Crippen LogP contribution in [0.25, 0.3) is 0 Å². The molecule has 3 rings (SSSR count). The predicted molar refractivity (Wildman–Crippen MR) is 89.0 cm³/mol. The van der Waals surface area contributed by atoms with Crippen molar-refractivity contribution in [1.82, 2.24) is 9.97 Å². The number of nitrogens with one attached hydrogen (secondary N) is 1. The molecule has 6 heteroatoms. The number of hydrogen-bond donors (Lipinski definition) is 1. The fraction of sp³-hybridized carbons (Fsp3) is 0.333. The Balaban J connectivity index is 1.91. The van der Waals surface area contributed by atoms with Gasteiger partial charge in [0.05, 0.1) is 9.26 Å². The maximum Gasteiger partial charge on any atom is 0.192 e. The van der Waals surface area contributed by atoms with Crippen LogP contribution in [0.3, 0.4) is 0 Å². The largest absolute Gasteiger partial charge is 0.485 e. The highest BCUT2D eigenvalue weighted by Gasteiger charge is 2.26. The van der Waals surface area contributed by atoms with Crippen LogP contribution in [0.4, 0.5) is 5.82 Å². The molecule has 0 radical (unpaired) electrons. The molecule has 0 spiro atoms. The third-order valence-corrected chi connectivity index (χ3v) is 4.47. The van der Waals surface area contributed by atoms with E-state index in [-0.39, 0.29) is 6.10 Å². The van der Waals surface area contributed by atoms with Gasteiger partial charge in [-0.15, -0.1) is 0 Å². The van der Waals surface area contributed by atoms with Gasteiger partial charge in [-0.05, 0) is 48.6 Å². The van der Waals surface area contributed by atoms with Crippen LogP contribution in [-0.4, -0.2) is 23.1 Å². The van der Waals surface area contributed by atoms with Crippen LogP contribution in [0.5, 0.6) is 11.5 Å². The molecule has 1 atom stereocenters. The van der Waals surface area contributed by atoms with Crippen molar-refractivity contribution in [1.29, 1.82) is 0 Å². The molecule has 1 aliphatic rings. The van der Waals surface area contributed by atoms with Crippen LogP contribution in [-0.2, 0) is 0 Å². The minimum Gasteiger partial charge on any atom is -0.485 e. The van der Waals surface area contributed by atoms with Crippen LogP contribution in [0.1, 0.15) is 24.5 Å². The standard InChI is InChI=1S/C15H16IN3O2/c1-3-17-15-13(16)9(2)18-14(19-15)12-8-20-10-6-4-5-7-11(10)21-12/h4-7,12H,3,8H2,1-2H3,(H,17,18,19). The fourth-order valence-electron chi connectivity index (χ4n) is 2.16. The molecule has 1 aliphatic heterocycles. The Labute approximate surface area is 137 Å². The van der Waals surface area contributed by atoms with Crippen LogP contribution in [0, 0.1) is 10.5 Å². The zero-order valence-corrected chi connectivity index (χ0v) is 14.0.